The molecule has 1 atom stereocenters. The lowest BCUT2D eigenvalue weighted by Crippen LogP contribution is -2.40. The van der Waals surface area contributed by atoms with Crippen LogP contribution in [0.5, 0.6) is 5.75 Å². The van der Waals surface area contributed by atoms with Crippen molar-refractivity contribution >= 4 is 18.2 Å². The highest BCUT2D eigenvalue weighted by Crippen LogP contribution is 2.30. The molecule has 26 heavy (non-hydrogen) atoms. The molecule has 0 spiro atoms. The maximum Gasteiger partial charge on any atom is 0.346 e. The Morgan fingerprint density at radius 1 is 1.12 bits per heavy atom. The summed E-state index contributed by atoms with van der Waals surface area (Å²) in [4.78, 5) is 25.0. The monoisotopic (exact) mass is 351 g/mol. The number of nitrogens with one attached hydrogen (secondary N) is 1. The summed E-state index contributed by atoms with van der Waals surface area (Å²) < 4.78 is 5.13. The van der Waals surface area contributed by atoms with Crippen LogP contribution in [-0.2, 0) is 16.8 Å². The lowest BCUT2D eigenvalue weighted by atomic mass is 9.92. The molecule has 1 aliphatic rings. The van der Waals surface area contributed by atoms with Crippen LogP contribution < -0.4 is 10.1 Å². The number of ether oxygens (including phenoxy) is 1. The number of hydrogen-bond donors (Lipinski definition) is 1. The van der Waals surface area contributed by atoms with Crippen molar-refractivity contribution in [2.45, 2.75) is 25.3 Å². The highest BCUT2D eigenvalue weighted by Gasteiger charge is 2.49. The number of rotatable bonds is 6. The number of carbonyl (C=O) groups excluding carboxylic acids is 2. The SMILES string of the molecule is COc1ccc([C@]2(C)NC(=O)N(/N=C\CCc3ccccc3)C2=O)cc1. The van der Waals surface area contributed by atoms with E-state index < -0.39 is 17.5 Å². The average molecular weight is 351 g/mol. The highest BCUT2D eigenvalue weighted by molar-refractivity contribution is 6.07. The van der Waals surface area contributed by atoms with Crippen LogP contribution in [0.4, 0.5) is 4.79 Å². The predicted molar refractivity (Wildman–Crippen MR) is 99.0 cm³/mol. The molecule has 0 unspecified atom stereocenters. The summed E-state index contributed by atoms with van der Waals surface area (Å²) in [6.45, 7) is 1.68. The van der Waals surface area contributed by atoms with Crippen molar-refractivity contribution in [1.82, 2.24) is 10.3 Å². The molecule has 0 radical (unpaired) electrons. The maximum atomic E-state index is 12.8. The molecule has 0 aromatic heterocycles. The van der Waals surface area contributed by atoms with Crippen LogP contribution in [0.2, 0.25) is 0 Å². The summed E-state index contributed by atoms with van der Waals surface area (Å²) in [6, 6.07) is 16.5. The maximum absolute atomic E-state index is 12.8. The largest absolute Gasteiger partial charge is 0.497 e. The number of urea groups is 1. The molecule has 3 rings (SSSR count). The number of imide groups is 1. The number of amides is 3. The Hall–Kier alpha value is -3.15. The molecule has 6 heteroatoms. The van der Waals surface area contributed by atoms with Gasteiger partial charge in [0.15, 0.2) is 0 Å². The molecule has 1 N–H and O–H groups in total. The second-order valence-corrected chi connectivity index (χ2v) is 6.22. The van der Waals surface area contributed by atoms with Crippen LogP contribution in [0.1, 0.15) is 24.5 Å². The van der Waals surface area contributed by atoms with Gasteiger partial charge in [-0.1, -0.05) is 42.5 Å². The van der Waals surface area contributed by atoms with Crippen LogP contribution >= 0.6 is 0 Å². The molecule has 0 bridgehead atoms. The number of carbonyl (C=O) groups is 2. The summed E-state index contributed by atoms with van der Waals surface area (Å²) in [5, 5.41) is 7.70. The van der Waals surface area contributed by atoms with Gasteiger partial charge in [0.1, 0.15) is 11.3 Å². The van der Waals surface area contributed by atoms with Crippen molar-refractivity contribution in [3.8, 4) is 5.75 Å². The fraction of sp³-hybridized carbons (Fsp3) is 0.250. The topological polar surface area (TPSA) is 71.0 Å². The number of aryl methyl sites for hydroxylation is 1. The first-order valence-electron chi connectivity index (χ1n) is 8.42. The van der Waals surface area contributed by atoms with Crippen LogP contribution in [-0.4, -0.2) is 30.3 Å². The Bertz CT molecular complexity index is 818. The first-order chi connectivity index (χ1) is 12.5. The van der Waals surface area contributed by atoms with Gasteiger partial charge in [-0.2, -0.15) is 5.10 Å². The van der Waals surface area contributed by atoms with E-state index >= 15 is 0 Å². The Morgan fingerprint density at radius 2 is 1.81 bits per heavy atom. The Kier molecular flexibility index (Phi) is 5.02. The van der Waals surface area contributed by atoms with E-state index in [0.29, 0.717) is 17.7 Å². The summed E-state index contributed by atoms with van der Waals surface area (Å²) in [5.74, 6) is 0.286. The quantitative estimate of drug-likeness (QED) is 0.642. The minimum absolute atomic E-state index is 0.399. The van der Waals surface area contributed by atoms with Crippen molar-refractivity contribution in [2.24, 2.45) is 5.10 Å². The Labute approximate surface area is 152 Å². The molecule has 1 heterocycles. The molecule has 2 aromatic carbocycles. The molecule has 134 valence electrons. The normalized spacial score (nSPS) is 19.8. The Morgan fingerprint density at radius 3 is 2.46 bits per heavy atom. The third-order valence-corrected chi connectivity index (χ3v) is 4.44. The minimum atomic E-state index is -1.14. The number of benzene rings is 2. The van der Waals surface area contributed by atoms with Crippen molar-refractivity contribution < 1.29 is 14.3 Å². The third kappa shape index (κ3) is 3.44. The van der Waals surface area contributed by atoms with Crippen LogP contribution in [0.3, 0.4) is 0 Å². The first-order valence-corrected chi connectivity index (χ1v) is 8.42. The van der Waals surface area contributed by atoms with Gasteiger partial charge >= 0.3 is 6.03 Å². The average Bonchev–Trinajstić information content (AvgIpc) is 2.89. The zero-order valence-corrected chi connectivity index (χ0v) is 14.8. The fourth-order valence-corrected chi connectivity index (χ4v) is 2.86. The van der Waals surface area contributed by atoms with Crippen molar-refractivity contribution in [1.29, 1.82) is 0 Å². The van der Waals surface area contributed by atoms with E-state index in [1.807, 2.05) is 30.3 Å². The first kappa shape index (κ1) is 17.7. The van der Waals surface area contributed by atoms with Gasteiger partial charge in [-0.3, -0.25) is 4.79 Å². The van der Waals surface area contributed by atoms with Crippen molar-refractivity contribution in [3.63, 3.8) is 0 Å². The van der Waals surface area contributed by atoms with Crippen molar-refractivity contribution in [3.05, 3.63) is 65.7 Å². The lowest BCUT2D eigenvalue weighted by Gasteiger charge is -2.21. The number of hydrogen-bond acceptors (Lipinski definition) is 4. The minimum Gasteiger partial charge on any atom is -0.497 e. The van der Waals surface area contributed by atoms with E-state index in [2.05, 4.69) is 10.4 Å². The lowest BCUT2D eigenvalue weighted by molar-refractivity contribution is -0.131. The fourth-order valence-electron chi connectivity index (χ4n) is 2.86. The van der Waals surface area contributed by atoms with Crippen molar-refractivity contribution in [2.75, 3.05) is 7.11 Å². The van der Waals surface area contributed by atoms with Crippen LogP contribution in [0.25, 0.3) is 0 Å². The summed E-state index contributed by atoms with van der Waals surface area (Å²) in [7, 11) is 1.57. The molecule has 3 amide bonds. The molecule has 1 fully saturated rings. The van der Waals surface area contributed by atoms with Gasteiger partial charge in [-0.05, 0) is 43.0 Å². The molecule has 0 saturated carbocycles. The van der Waals surface area contributed by atoms with Gasteiger partial charge in [-0.25, -0.2) is 4.79 Å². The van der Waals surface area contributed by atoms with Gasteiger partial charge in [0.2, 0.25) is 0 Å². The van der Waals surface area contributed by atoms with E-state index in [1.165, 1.54) is 5.56 Å². The number of hydrazone groups is 1. The zero-order chi connectivity index (χ0) is 18.6. The predicted octanol–water partition coefficient (Wildman–Crippen LogP) is 3.08. The van der Waals surface area contributed by atoms with E-state index in [-0.39, 0.29) is 0 Å². The standard InChI is InChI=1S/C20H21N3O3/c1-20(16-10-12-17(26-2)13-11-16)18(24)23(19(25)22-20)21-14-6-9-15-7-4-3-5-8-15/h3-5,7-8,10-14H,6,9H2,1-2H3,(H,22,25)/b21-14-/t20-/m0/s1. The van der Waals surface area contributed by atoms with Gasteiger partial charge in [0, 0.05) is 6.21 Å². The third-order valence-electron chi connectivity index (χ3n) is 4.44. The van der Waals surface area contributed by atoms with E-state index in [0.717, 1.165) is 11.4 Å². The molecule has 0 aliphatic carbocycles. The van der Waals surface area contributed by atoms with Crippen LogP contribution in [0, 0.1) is 0 Å². The molecule has 1 saturated heterocycles. The highest BCUT2D eigenvalue weighted by atomic mass is 16.5. The summed E-state index contributed by atoms with van der Waals surface area (Å²) in [5.41, 5.74) is 0.720. The molecule has 6 nitrogen and oxygen atoms in total. The molecular formula is C20H21N3O3. The molecule has 1 aliphatic heterocycles. The molecule has 2 aromatic rings. The zero-order valence-electron chi connectivity index (χ0n) is 14.8. The Balaban J connectivity index is 1.68. The molecular weight excluding hydrogens is 330 g/mol. The van der Waals surface area contributed by atoms with E-state index in [1.54, 1.807) is 44.5 Å². The number of methoxy groups -OCH3 is 1. The summed E-state index contributed by atoms with van der Waals surface area (Å²) >= 11 is 0. The second kappa shape index (κ2) is 7.39. The van der Waals surface area contributed by atoms with Gasteiger partial charge in [0.25, 0.3) is 5.91 Å². The smallest absolute Gasteiger partial charge is 0.346 e. The second-order valence-electron chi connectivity index (χ2n) is 6.22. The van der Waals surface area contributed by atoms with Crippen LogP contribution in [0.15, 0.2) is 59.7 Å². The van der Waals surface area contributed by atoms with Gasteiger partial charge in [-0.15, -0.1) is 5.01 Å². The van der Waals surface area contributed by atoms with E-state index in [4.69, 9.17) is 4.74 Å². The summed E-state index contributed by atoms with van der Waals surface area (Å²) in [6.07, 6.45) is 3.04. The number of nitrogens with zero attached hydrogens (tertiary/aromatic N) is 2. The van der Waals surface area contributed by atoms with E-state index in [9.17, 15) is 9.59 Å². The van der Waals surface area contributed by atoms with Gasteiger partial charge < -0.3 is 10.1 Å². The van der Waals surface area contributed by atoms with Gasteiger partial charge in [0.05, 0.1) is 7.11 Å².